The van der Waals surface area contributed by atoms with Gasteiger partial charge in [-0.3, -0.25) is 14.4 Å². The average Bonchev–Trinajstić information content (AvgIpc) is 2.86. The van der Waals surface area contributed by atoms with Gasteiger partial charge in [0.05, 0.1) is 13.2 Å². The fourth-order valence-corrected chi connectivity index (χ4v) is 4.19. The molecule has 2 aromatic rings. The lowest BCUT2D eigenvalue weighted by Gasteiger charge is -2.43. The number of ether oxygens (including phenoxy) is 6. The van der Waals surface area contributed by atoms with Crippen LogP contribution in [-0.2, 0) is 39.9 Å². The Kier molecular flexibility index (Phi) is 9.52. The van der Waals surface area contributed by atoms with Gasteiger partial charge >= 0.3 is 17.9 Å². The van der Waals surface area contributed by atoms with Crippen molar-refractivity contribution < 1.29 is 42.8 Å². The number of benzene rings is 2. The maximum Gasteiger partial charge on any atom is 0.303 e. The zero-order valence-electron chi connectivity index (χ0n) is 22.0. The lowest BCUT2D eigenvalue weighted by atomic mass is 9.83. The van der Waals surface area contributed by atoms with Crippen LogP contribution >= 0.6 is 0 Å². The second-order valence-corrected chi connectivity index (χ2v) is 9.09. The Hall–Kier alpha value is -3.59. The van der Waals surface area contributed by atoms with Crippen LogP contribution in [0.2, 0.25) is 0 Å². The van der Waals surface area contributed by atoms with Crippen molar-refractivity contribution in [2.24, 2.45) is 11.8 Å². The van der Waals surface area contributed by atoms with Gasteiger partial charge in [0, 0.05) is 32.3 Å². The molecule has 3 rings (SSSR count). The molecule has 5 atom stereocenters. The van der Waals surface area contributed by atoms with Crippen molar-refractivity contribution in [1.82, 2.24) is 0 Å². The minimum atomic E-state index is -0.977. The van der Waals surface area contributed by atoms with Gasteiger partial charge in [-0.25, -0.2) is 0 Å². The Morgan fingerprint density at radius 3 is 2.22 bits per heavy atom. The summed E-state index contributed by atoms with van der Waals surface area (Å²) in [7, 11) is 1.60. The van der Waals surface area contributed by atoms with Crippen LogP contribution in [0, 0.1) is 11.8 Å². The molecule has 0 aromatic heterocycles. The monoisotopic (exact) mass is 514 g/mol. The Balaban J connectivity index is 1.94. The van der Waals surface area contributed by atoms with Crippen molar-refractivity contribution in [3.63, 3.8) is 0 Å². The summed E-state index contributed by atoms with van der Waals surface area (Å²) in [6, 6.07) is 13.1. The van der Waals surface area contributed by atoms with Crippen LogP contribution in [0.15, 0.2) is 42.5 Å². The van der Waals surface area contributed by atoms with Crippen LogP contribution in [0.25, 0.3) is 11.1 Å². The quantitative estimate of drug-likeness (QED) is 0.358. The molecule has 0 spiro atoms. The maximum absolute atomic E-state index is 11.9. The molecule has 5 unspecified atom stereocenters. The van der Waals surface area contributed by atoms with Gasteiger partial charge < -0.3 is 28.4 Å². The summed E-state index contributed by atoms with van der Waals surface area (Å²) in [4.78, 5) is 34.9. The molecule has 1 aliphatic rings. The Labute approximate surface area is 216 Å². The van der Waals surface area contributed by atoms with Gasteiger partial charge in [-0.15, -0.1) is 0 Å². The molecular formula is C28H34O9. The third kappa shape index (κ3) is 7.45. The van der Waals surface area contributed by atoms with Crippen LogP contribution < -0.4 is 9.47 Å². The predicted molar refractivity (Wildman–Crippen MR) is 134 cm³/mol. The number of carbonyl (C=O) groups is 3. The van der Waals surface area contributed by atoms with E-state index in [9.17, 15) is 14.4 Å². The molecule has 9 heteroatoms. The summed E-state index contributed by atoms with van der Waals surface area (Å²) >= 11 is 0. The minimum Gasteiger partial charge on any atom is -0.497 e. The number of methoxy groups -OCH3 is 1. The van der Waals surface area contributed by atoms with Crippen molar-refractivity contribution in [1.29, 1.82) is 0 Å². The summed E-state index contributed by atoms with van der Waals surface area (Å²) in [5, 5.41) is 0. The number of esters is 3. The summed E-state index contributed by atoms with van der Waals surface area (Å²) in [6.45, 7) is 7.88. The van der Waals surface area contributed by atoms with Crippen molar-refractivity contribution in [3.8, 4) is 22.6 Å². The molecule has 0 aliphatic carbocycles. The minimum absolute atomic E-state index is 0.0315. The van der Waals surface area contributed by atoms with E-state index in [1.807, 2.05) is 50.2 Å². The van der Waals surface area contributed by atoms with E-state index in [0.29, 0.717) is 17.1 Å². The fourth-order valence-electron chi connectivity index (χ4n) is 4.19. The standard InChI is InChI=1S/C28H34O9/c1-16-17(2)27(35-20(5)31)28(37-26(16)15-34-19(4)30)36-25-11-10-22(12-23(25)14-33-18(3)29)21-8-7-9-24(13-21)32-6/h7-13,16-17,26-28H,14-15H2,1-6H3. The van der Waals surface area contributed by atoms with Crippen molar-refractivity contribution in [3.05, 3.63) is 48.0 Å². The van der Waals surface area contributed by atoms with Gasteiger partial charge in [0.25, 0.3) is 0 Å². The number of carbonyl (C=O) groups excluding carboxylic acids is 3. The van der Waals surface area contributed by atoms with Gasteiger partial charge in [-0.05, 0) is 41.3 Å². The highest BCUT2D eigenvalue weighted by atomic mass is 16.7. The van der Waals surface area contributed by atoms with Gasteiger partial charge in [0.2, 0.25) is 6.29 Å². The number of hydrogen-bond acceptors (Lipinski definition) is 9. The van der Waals surface area contributed by atoms with E-state index in [-0.39, 0.29) is 25.0 Å². The first-order valence-corrected chi connectivity index (χ1v) is 12.1. The van der Waals surface area contributed by atoms with Crippen LogP contribution in [0.4, 0.5) is 0 Å². The topological polar surface area (TPSA) is 107 Å². The molecule has 0 amide bonds. The zero-order chi connectivity index (χ0) is 27.1. The highest BCUT2D eigenvalue weighted by Gasteiger charge is 2.45. The Bertz CT molecular complexity index is 1110. The maximum atomic E-state index is 11.9. The molecule has 1 heterocycles. The lowest BCUT2D eigenvalue weighted by Crippen LogP contribution is -2.54. The van der Waals surface area contributed by atoms with E-state index in [1.54, 1.807) is 13.2 Å². The second-order valence-electron chi connectivity index (χ2n) is 9.09. The molecule has 1 fully saturated rings. The highest BCUT2D eigenvalue weighted by molar-refractivity contribution is 5.69. The third-order valence-corrected chi connectivity index (χ3v) is 6.40. The Morgan fingerprint density at radius 1 is 0.865 bits per heavy atom. The van der Waals surface area contributed by atoms with Crippen LogP contribution in [0.5, 0.6) is 11.5 Å². The van der Waals surface area contributed by atoms with E-state index in [1.165, 1.54) is 20.8 Å². The molecule has 2 aromatic carbocycles. The van der Waals surface area contributed by atoms with Gasteiger partial charge in [0.1, 0.15) is 24.7 Å². The molecule has 9 nitrogen and oxygen atoms in total. The molecule has 37 heavy (non-hydrogen) atoms. The normalized spacial score (nSPS) is 23.0. The highest BCUT2D eigenvalue weighted by Crippen LogP contribution is 2.36. The largest absolute Gasteiger partial charge is 0.497 e. The molecule has 0 bridgehead atoms. The fraction of sp³-hybridized carbons (Fsp3) is 0.464. The van der Waals surface area contributed by atoms with E-state index >= 15 is 0 Å². The molecule has 0 saturated carbocycles. The average molecular weight is 515 g/mol. The van der Waals surface area contributed by atoms with Crippen LogP contribution in [0.3, 0.4) is 0 Å². The molecule has 0 radical (unpaired) electrons. The summed E-state index contributed by atoms with van der Waals surface area (Å²) < 4.78 is 33.8. The SMILES string of the molecule is COc1cccc(-c2ccc(OC3OC(COC(C)=O)C(C)C(C)C3OC(C)=O)c(COC(C)=O)c2)c1. The van der Waals surface area contributed by atoms with E-state index in [0.717, 1.165) is 11.1 Å². The second kappa shape index (κ2) is 12.6. The van der Waals surface area contributed by atoms with Crippen molar-refractivity contribution in [2.45, 2.75) is 59.7 Å². The van der Waals surface area contributed by atoms with Crippen LogP contribution in [-0.4, -0.2) is 50.1 Å². The zero-order valence-corrected chi connectivity index (χ0v) is 22.0. The molecule has 200 valence electrons. The van der Waals surface area contributed by atoms with E-state index in [4.69, 9.17) is 28.4 Å². The first kappa shape index (κ1) is 28.0. The molecule has 1 saturated heterocycles. The van der Waals surface area contributed by atoms with Gasteiger partial charge in [0.15, 0.2) is 6.10 Å². The summed E-state index contributed by atoms with van der Waals surface area (Å²) in [6.07, 6.45) is -2.15. The molecular weight excluding hydrogens is 480 g/mol. The van der Waals surface area contributed by atoms with Gasteiger partial charge in [-0.2, -0.15) is 0 Å². The van der Waals surface area contributed by atoms with E-state index < -0.39 is 36.4 Å². The van der Waals surface area contributed by atoms with E-state index in [2.05, 4.69) is 0 Å². The molecule has 1 aliphatic heterocycles. The smallest absolute Gasteiger partial charge is 0.303 e. The lowest BCUT2D eigenvalue weighted by molar-refractivity contribution is -0.253. The van der Waals surface area contributed by atoms with Crippen molar-refractivity contribution >= 4 is 17.9 Å². The van der Waals surface area contributed by atoms with Gasteiger partial charge in [-0.1, -0.05) is 32.0 Å². The third-order valence-electron chi connectivity index (χ3n) is 6.40. The van der Waals surface area contributed by atoms with Crippen LogP contribution in [0.1, 0.15) is 40.2 Å². The number of hydrogen-bond donors (Lipinski definition) is 0. The Morgan fingerprint density at radius 2 is 1.57 bits per heavy atom. The first-order chi connectivity index (χ1) is 17.6. The summed E-state index contributed by atoms with van der Waals surface area (Å²) in [5.74, 6) is -0.443. The number of rotatable bonds is 9. The molecule has 0 N–H and O–H groups in total. The van der Waals surface area contributed by atoms with Crippen molar-refractivity contribution in [2.75, 3.05) is 13.7 Å². The predicted octanol–water partition coefficient (Wildman–Crippen LogP) is 4.30. The first-order valence-electron chi connectivity index (χ1n) is 12.1. The summed E-state index contributed by atoms with van der Waals surface area (Å²) in [5.41, 5.74) is 2.37.